The van der Waals surface area contributed by atoms with Gasteiger partial charge in [-0.2, -0.15) is 0 Å². The van der Waals surface area contributed by atoms with Gasteiger partial charge >= 0.3 is 6.03 Å². The molecule has 0 spiro atoms. The molecule has 0 fully saturated rings. The first-order chi connectivity index (χ1) is 8.19. The second-order valence-corrected chi connectivity index (χ2v) is 4.80. The number of hydrogen-bond acceptors (Lipinski definition) is 1. The number of rotatable bonds is 3. The van der Waals surface area contributed by atoms with E-state index in [-0.39, 0.29) is 12.1 Å². The lowest BCUT2D eigenvalue weighted by Gasteiger charge is -2.12. The number of halogens is 1. The van der Waals surface area contributed by atoms with Gasteiger partial charge in [-0.1, -0.05) is 6.07 Å². The van der Waals surface area contributed by atoms with Crippen molar-refractivity contribution in [1.29, 1.82) is 0 Å². The molecule has 0 bridgehead atoms. The topological polar surface area (TPSA) is 41.1 Å². The Morgan fingerprint density at radius 1 is 1.41 bits per heavy atom. The molecule has 2 rings (SSSR count). The molecule has 0 unspecified atom stereocenters. The zero-order chi connectivity index (χ0) is 12.3. The second kappa shape index (κ2) is 5.41. The van der Waals surface area contributed by atoms with Crippen LogP contribution in [0.25, 0.3) is 0 Å². The first-order valence-electron chi connectivity index (χ1n) is 5.94. The van der Waals surface area contributed by atoms with E-state index in [1.54, 1.807) is 0 Å². The fraction of sp³-hybridized carbons (Fsp3) is 0.462. The highest BCUT2D eigenvalue weighted by Crippen LogP contribution is 2.24. The third-order valence-corrected chi connectivity index (χ3v) is 3.43. The Bertz CT molecular complexity index is 420. The Labute approximate surface area is 107 Å². The van der Waals surface area contributed by atoms with Crippen LogP contribution in [0.15, 0.2) is 18.2 Å². The minimum absolute atomic E-state index is 0.0221. The van der Waals surface area contributed by atoms with E-state index in [9.17, 15) is 4.79 Å². The first-order valence-corrected chi connectivity index (χ1v) is 6.48. The van der Waals surface area contributed by atoms with Crippen molar-refractivity contribution in [2.45, 2.75) is 32.2 Å². The van der Waals surface area contributed by atoms with Gasteiger partial charge in [0.15, 0.2) is 0 Å². The van der Waals surface area contributed by atoms with E-state index < -0.39 is 0 Å². The number of hydrogen-bond donors (Lipinski definition) is 2. The van der Waals surface area contributed by atoms with Gasteiger partial charge in [0.25, 0.3) is 0 Å². The van der Waals surface area contributed by atoms with Crippen LogP contribution in [0, 0.1) is 0 Å². The van der Waals surface area contributed by atoms with Crippen LogP contribution in [-0.2, 0) is 12.8 Å². The fourth-order valence-corrected chi connectivity index (χ4v) is 2.16. The van der Waals surface area contributed by atoms with Gasteiger partial charge in [0.1, 0.15) is 0 Å². The smallest absolute Gasteiger partial charge is 0.319 e. The number of urea groups is 1. The zero-order valence-electron chi connectivity index (χ0n) is 9.92. The number of carbonyl (C=O) groups excluding carboxylic acids is 1. The van der Waals surface area contributed by atoms with Crippen molar-refractivity contribution in [3.8, 4) is 0 Å². The van der Waals surface area contributed by atoms with Crippen LogP contribution in [0.3, 0.4) is 0 Å². The maximum atomic E-state index is 11.6. The van der Waals surface area contributed by atoms with Crippen LogP contribution in [0.2, 0.25) is 0 Å². The first kappa shape index (κ1) is 12.2. The molecule has 92 valence electrons. The summed E-state index contributed by atoms with van der Waals surface area (Å²) < 4.78 is 0. The van der Waals surface area contributed by atoms with Gasteiger partial charge < -0.3 is 10.6 Å². The largest absolute Gasteiger partial charge is 0.334 e. The van der Waals surface area contributed by atoms with E-state index >= 15 is 0 Å². The third-order valence-electron chi connectivity index (χ3n) is 2.97. The van der Waals surface area contributed by atoms with E-state index in [1.165, 1.54) is 17.5 Å². The Balaban J connectivity index is 1.97. The number of anilines is 1. The van der Waals surface area contributed by atoms with Crippen molar-refractivity contribution >= 4 is 23.3 Å². The quantitative estimate of drug-likeness (QED) is 0.798. The van der Waals surface area contributed by atoms with E-state index in [1.807, 2.05) is 13.0 Å². The van der Waals surface area contributed by atoms with Gasteiger partial charge in [-0.15, -0.1) is 11.6 Å². The molecule has 1 atom stereocenters. The number of fused-ring (bicyclic) bond motifs is 1. The highest BCUT2D eigenvalue weighted by molar-refractivity contribution is 6.18. The molecule has 2 N–H and O–H groups in total. The zero-order valence-corrected chi connectivity index (χ0v) is 10.7. The molecule has 0 radical (unpaired) electrons. The predicted molar refractivity (Wildman–Crippen MR) is 70.8 cm³/mol. The summed E-state index contributed by atoms with van der Waals surface area (Å²) in [5.74, 6) is 0.414. The fourth-order valence-electron chi connectivity index (χ4n) is 2.08. The highest BCUT2D eigenvalue weighted by atomic mass is 35.5. The average molecular weight is 253 g/mol. The molecule has 3 nitrogen and oxygen atoms in total. The summed E-state index contributed by atoms with van der Waals surface area (Å²) in [5, 5.41) is 5.59. The van der Waals surface area contributed by atoms with Gasteiger partial charge in [0.2, 0.25) is 0 Å². The summed E-state index contributed by atoms with van der Waals surface area (Å²) in [6.07, 6.45) is 3.49. The SMILES string of the molecule is C[C@H](CCl)NC(=O)Nc1ccc2c(c1)CCC2. The molecular weight excluding hydrogens is 236 g/mol. The molecule has 1 aromatic rings. The number of nitrogens with one attached hydrogen (secondary N) is 2. The van der Waals surface area contributed by atoms with Gasteiger partial charge in [-0.25, -0.2) is 4.79 Å². The summed E-state index contributed by atoms with van der Waals surface area (Å²) >= 11 is 5.63. The van der Waals surface area contributed by atoms with Crippen molar-refractivity contribution in [1.82, 2.24) is 5.32 Å². The minimum atomic E-state index is -0.198. The molecule has 0 aliphatic heterocycles. The highest BCUT2D eigenvalue weighted by Gasteiger charge is 2.12. The lowest BCUT2D eigenvalue weighted by Crippen LogP contribution is -2.37. The van der Waals surface area contributed by atoms with Crippen LogP contribution < -0.4 is 10.6 Å². The summed E-state index contributed by atoms with van der Waals surface area (Å²) in [6.45, 7) is 1.87. The lowest BCUT2D eigenvalue weighted by molar-refractivity contribution is 0.250. The summed E-state index contributed by atoms with van der Waals surface area (Å²) in [5.41, 5.74) is 3.61. The molecule has 0 saturated heterocycles. The Kier molecular flexibility index (Phi) is 3.89. The molecule has 2 amide bonds. The molecule has 0 aromatic heterocycles. The number of aryl methyl sites for hydroxylation is 2. The van der Waals surface area contributed by atoms with Crippen molar-refractivity contribution < 1.29 is 4.79 Å². The van der Waals surface area contributed by atoms with E-state index in [2.05, 4.69) is 22.8 Å². The Morgan fingerprint density at radius 2 is 2.18 bits per heavy atom. The predicted octanol–water partition coefficient (Wildman–Crippen LogP) is 2.92. The van der Waals surface area contributed by atoms with Crippen LogP contribution >= 0.6 is 11.6 Å². The summed E-state index contributed by atoms with van der Waals surface area (Å²) in [6, 6.07) is 5.90. The van der Waals surface area contributed by atoms with Gasteiger partial charge in [0, 0.05) is 17.6 Å². The molecule has 17 heavy (non-hydrogen) atoms. The van der Waals surface area contributed by atoms with Gasteiger partial charge in [0.05, 0.1) is 0 Å². The number of amides is 2. The van der Waals surface area contributed by atoms with Crippen molar-refractivity contribution in [3.63, 3.8) is 0 Å². The molecule has 1 aromatic carbocycles. The molecule has 1 aliphatic rings. The number of carbonyl (C=O) groups is 1. The summed E-state index contributed by atoms with van der Waals surface area (Å²) in [4.78, 5) is 11.6. The monoisotopic (exact) mass is 252 g/mol. The lowest BCUT2D eigenvalue weighted by atomic mass is 10.1. The third kappa shape index (κ3) is 3.13. The second-order valence-electron chi connectivity index (χ2n) is 4.49. The molecule has 0 saturated carbocycles. The average Bonchev–Trinajstić information content (AvgIpc) is 2.75. The van der Waals surface area contributed by atoms with Crippen LogP contribution in [0.4, 0.5) is 10.5 Å². The molecular formula is C13H17ClN2O. The van der Waals surface area contributed by atoms with Gasteiger partial charge in [-0.3, -0.25) is 0 Å². The Morgan fingerprint density at radius 3 is 2.94 bits per heavy atom. The molecule has 0 heterocycles. The maximum absolute atomic E-state index is 11.6. The van der Waals surface area contributed by atoms with Crippen LogP contribution in [0.1, 0.15) is 24.5 Å². The van der Waals surface area contributed by atoms with Gasteiger partial charge in [-0.05, 0) is 49.4 Å². The van der Waals surface area contributed by atoms with Crippen LogP contribution in [0.5, 0.6) is 0 Å². The number of alkyl halides is 1. The van der Waals surface area contributed by atoms with Crippen molar-refractivity contribution in [3.05, 3.63) is 29.3 Å². The molecule has 4 heteroatoms. The number of benzene rings is 1. The summed E-state index contributed by atoms with van der Waals surface area (Å²) in [7, 11) is 0. The van der Waals surface area contributed by atoms with Crippen molar-refractivity contribution in [2.75, 3.05) is 11.2 Å². The Hall–Kier alpha value is -1.22. The molecule has 1 aliphatic carbocycles. The van der Waals surface area contributed by atoms with E-state index in [0.717, 1.165) is 18.5 Å². The van der Waals surface area contributed by atoms with E-state index in [4.69, 9.17) is 11.6 Å². The standard InChI is InChI=1S/C13H17ClN2O/c1-9(8-14)15-13(17)16-12-6-5-10-3-2-4-11(10)7-12/h5-7,9H,2-4,8H2,1H3,(H2,15,16,17)/t9-/m1/s1. The minimum Gasteiger partial charge on any atom is -0.334 e. The normalized spacial score (nSPS) is 15.2. The maximum Gasteiger partial charge on any atom is 0.319 e. The van der Waals surface area contributed by atoms with Crippen LogP contribution in [-0.4, -0.2) is 18.0 Å². The van der Waals surface area contributed by atoms with Crippen molar-refractivity contribution in [2.24, 2.45) is 0 Å². The van der Waals surface area contributed by atoms with E-state index in [0.29, 0.717) is 5.88 Å².